The molecule has 23 heavy (non-hydrogen) atoms. The van der Waals surface area contributed by atoms with Crippen LogP contribution in [0.5, 0.6) is 0 Å². The SMILES string of the molecule is COC(=O)c1sccc1NC(=O)CN(C)Cc1ccccc1Cl. The summed E-state index contributed by atoms with van der Waals surface area (Å²) >= 11 is 7.34. The number of hydrogen-bond acceptors (Lipinski definition) is 5. The molecule has 122 valence electrons. The van der Waals surface area contributed by atoms with E-state index in [-0.39, 0.29) is 12.5 Å². The number of likely N-dealkylation sites (N-methyl/N-ethyl adjacent to an activating group) is 1. The molecule has 1 N–H and O–H groups in total. The monoisotopic (exact) mass is 352 g/mol. The molecule has 0 aliphatic carbocycles. The van der Waals surface area contributed by atoms with Crippen molar-refractivity contribution in [1.82, 2.24) is 4.90 Å². The van der Waals surface area contributed by atoms with E-state index in [1.165, 1.54) is 18.4 Å². The molecule has 0 radical (unpaired) electrons. The molecule has 0 saturated heterocycles. The fourth-order valence-electron chi connectivity index (χ4n) is 2.07. The van der Waals surface area contributed by atoms with E-state index in [1.807, 2.05) is 36.2 Å². The Balaban J connectivity index is 1.93. The van der Waals surface area contributed by atoms with Gasteiger partial charge in [0.05, 0.1) is 19.3 Å². The summed E-state index contributed by atoms with van der Waals surface area (Å²) < 4.78 is 4.69. The van der Waals surface area contributed by atoms with Crippen molar-refractivity contribution >= 4 is 40.5 Å². The van der Waals surface area contributed by atoms with E-state index in [0.717, 1.165) is 5.56 Å². The van der Waals surface area contributed by atoms with Crippen molar-refractivity contribution < 1.29 is 14.3 Å². The van der Waals surface area contributed by atoms with Gasteiger partial charge in [-0.1, -0.05) is 29.8 Å². The van der Waals surface area contributed by atoms with Crippen LogP contribution in [0, 0.1) is 0 Å². The third kappa shape index (κ3) is 4.79. The summed E-state index contributed by atoms with van der Waals surface area (Å²) in [7, 11) is 3.14. The Morgan fingerprint density at radius 3 is 2.74 bits per heavy atom. The first-order valence-corrected chi connectivity index (χ1v) is 8.14. The van der Waals surface area contributed by atoms with Gasteiger partial charge in [-0.15, -0.1) is 11.3 Å². The first-order valence-electron chi connectivity index (χ1n) is 6.89. The Bertz CT molecular complexity index is 702. The fourth-order valence-corrected chi connectivity index (χ4v) is 3.03. The second-order valence-corrected chi connectivity index (χ2v) is 6.29. The summed E-state index contributed by atoms with van der Waals surface area (Å²) in [6.45, 7) is 0.738. The number of amides is 1. The number of carbonyl (C=O) groups is 2. The van der Waals surface area contributed by atoms with E-state index in [4.69, 9.17) is 11.6 Å². The normalized spacial score (nSPS) is 10.6. The Morgan fingerprint density at radius 2 is 2.04 bits per heavy atom. The maximum atomic E-state index is 12.1. The Hall–Kier alpha value is -1.89. The van der Waals surface area contributed by atoms with Gasteiger partial charge in [0, 0.05) is 11.6 Å². The number of anilines is 1. The minimum Gasteiger partial charge on any atom is -0.465 e. The van der Waals surface area contributed by atoms with Gasteiger partial charge >= 0.3 is 5.97 Å². The van der Waals surface area contributed by atoms with Crippen LogP contribution < -0.4 is 5.32 Å². The van der Waals surface area contributed by atoms with Crippen LogP contribution in [0.4, 0.5) is 5.69 Å². The molecule has 2 rings (SSSR count). The Kier molecular flexibility index (Phi) is 6.15. The number of nitrogens with one attached hydrogen (secondary N) is 1. The van der Waals surface area contributed by atoms with Crippen molar-refractivity contribution in [3.8, 4) is 0 Å². The standard InChI is InChI=1S/C16H17ClN2O3S/c1-19(9-11-5-3-4-6-12(11)17)10-14(20)18-13-7-8-23-15(13)16(21)22-2/h3-8H,9-10H2,1-2H3,(H,18,20). The van der Waals surface area contributed by atoms with Crippen molar-refractivity contribution in [1.29, 1.82) is 0 Å². The van der Waals surface area contributed by atoms with Crippen molar-refractivity contribution in [3.63, 3.8) is 0 Å². The molecular formula is C16H17ClN2O3S. The Morgan fingerprint density at radius 1 is 1.30 bits per heavy atom. The van der Waals surface area contributed by atoms with Gasteiger partial charge in [-0.05, 0) is 30.1 Å². The van der Waals surface area contributed by atoms with Gasteiger partial charge in [-0.3, -0.25) is 9.69 Å². The number of carbonyl (C=O) groups excluding carboxylic acids is 2. The molecule has 1 heterocycles. The number of thiophene rings is 1. The molecule has 1 aromatic heterocycles. The number of methoxy groups -OCH3 is 1. The van der Waals surface area contributed by atoms with E-state index in [9.17, 15) is 9.59 Å². The van der Waals surface area contributed by atoms with E-state index < -0.39 is 5.97 Å². The lowest BCUT2D eigenvalue weighted by Gasteiger charge is -2.17. The molecule has 1 amide bonds. The Labute approximate surface area is 143 Å². The maximum absolute atomic E-state index is 12.1. The minimum atomic E-state index is -0.459. The van der Waals surface area contributed by atoms with E-state index in [1.54, 1.807) is 11.4 Å². The van der Waals surface area contributed by atoms with E-state index in [2.05, 4.69) is 10.1 Å². The van der Waals surface area contributed by atoms with Crippen molar-refractivity contribution in [2.45, 2.75) is 6.54 Å². The molecule has 0 fully saturated rings. The zero-order valence-electron chi connectivity index (χ0n) is 12.8. The van der Waals surface area contributed by atoms with Gasteiger partial charge in [0.1, 0.15) is 4.88 Å². The lowest BCUT2D eigenvalue weighted by molar-refractivity contribution is -0.117. The van der Waals surface area contributed by atoms with Crippen LogP contribution in [0.15, 0.2) is 35.7 Å². The van der Waals surface area contributed by atoms with Crippen LogP contribution >= 0.6 is 22.9 Å². The average molecular weight is 353 g/mol. The van der Waals surface area contributed by atoms with Crippen LogP contribution in [-0.2, 0) is 16.1 Å². The van der Waals surface area contributed by atoms with Crippen molar-refractivity contribution in [2.24, 2.45) is 0 Å². The van der Waals surface area contributed by atoms with Gasteiger partial charge in [0.15, 0.2) is 0 Å². The maximum Gasteiger partial charge on any atom is 0.350 e. The van der Waals surface area contributed by atoms with Crippen LogP contribution in [0.25, 0.3) is 0 Å². The van der Waals surface area contributed by atoms with Gasteiger partial charge in [0.2, 0.25) is 5.91 Å². The van der Waals surface area contributed by atoms with Crippen LogP contribution in [0.2, 0.25) is 5.02 Å². The van der Waals surface area contributed by atoms with Crippen molar-refractivity contribution in [2.75, 3.05) is 26.0 Å². The first kappa shape index (κ1) is 17.5. The van der Waals surface area contributed by atoms with Crippen LogP contribution in [0.3, 0.4) is 0 Å². The third-order valence-electron chi connectivity index (χ3n) is 3.12. The second kappa shape index (κ2) is 8.10. The smallest absolute Gasteiger partial charge is 0.350 e. The van der Waals surface area contributed by atoms with E-state index in [0.29, 0.717) is 22.1 Å². The number of nitrogens with zero attached hydrogens (tertiary/aromatic N) is 1. The summed E-state index contributed by atoms with van der Waals surface area (Å²) in [4.78, 5) is 25.9. The molecular weight excluding hydrogens is 336 g/mol. The highest BCUT2D eigenvalue weighted by atomic mass is 35.5. The predicted octanol–water partition coefficient (Wildman–Crippen LogP) is 3.26. The first-order chi connectivity index (χ1) is 11.0. The largest absolute Gasteiger partial charge is 0.465 e. The van der Waals surface area contributed by atoms with Gasteiger partial charge in [-0.2, -0.15) is 0 Å². The molecule has 1 aromatic carbocycles. The molecule has 0 unspecified atom stereocenters. The number of esters is 1. The fraction of sp³-hybridized carbons (Fsp3) is 0.250. The lowest BCUT2D eigenvalue weighted by atomic mass is 10.2. The number of halogens is 1. The van der Waals surface area contributed by atoms with Crippen LogP contribution in [0.1, 0.15) is 15.2 Å². The van der Waals surface area contributed by atoms with Gasteiger partial charge in [-0.25, -0.2) is 4.79 Å². The number of rotatable bonds is 6. The van der Waals surface area contributed by atoms with E-state index >= 15 is 0 Å². The highest BCUT2D eigenvalue weighted by molar-refractivity contribution is 7.12. The number of hydrogen-bond donors (Lipinski definition) is 1. The third-order valence-corrected chi connectivity index (χ3v) is 4.38. The van der Waals surface area contributed by atoms with Gasteiger partial charge < -0.3 is 10.1 Å². The summed E-state index contributed by atoms with van der Waals surface area (Å²) in [5, 5.41) is 5.14. The zero-order chi connectivity index (χ0) is 16.8. The average Bonchev–Trinajstić information content (AvgIpc) is 2.96. The molecule has 2 aromatic rings. The van der Waals surface area contributed by atoms with Crippen molar-refractivity contribution in [3.05, 3.63) is 51.2 Å². The summed E-state index contributed by atoms with van der Waals surface area (Å²) in [6.07, 6.45) is 0. The highest BCUT2D eigenvalue weighted by Crippen LogP contribution is 2.23. The predicted molar refractivity (Wildman–Crippen MR) is 92.1 cm³/mol. The quantitative estimate of drug-likeness (QED) is 0.811. The number of ether oxygens (including phenoxy) is 1. The second-order valence-electron chi connectivity index (χ2n) is 4.97. The molecule has 0 aliphatic rings. The minimum absolute atomic E-state index is 0.182. The number of benzene rings is 1. The highest BCUT2D eigenvalue weighted by Gasteiger charge is 2.16. The lowest BCUT2D eigenvalue weighted by Crippen LogP contribution is -2.30. The molecule has 0 spiro atoms. The molecule has 0 atom stereocenters. The summed E-state index contributed by atoms with van der Waals surface area (Å²) in [6, 6.07) is 9.19. The molecule has 0 saturated carbocycles. The van der Waals surface area contributed by atoms with Crippen LogP contribution in [-0.4, -0.2) is 37.5 Å². The zero-order valence-corrected chi connectivity index (χ0v) is 14.4. The van der Waals surface area contributed by atoms with Gasteiger partial charge in [0.25, 0.3) is 0 Å². The molecule has 7 heteroatoms. The topological polar surface area (TPSA) is 58.6 Å². The summed E-state index contributed by atoms with van der Waals surface area (Å²) in [5.74, 6) is -0.664. The summed E-state index contributed by atoms with van der Waals surface area (Å²) in [5.41, 5.74) is 1.42. The molecule has 5 nitrogen and oxygen atoms in total. The molecule has 0 bridgehead atoms. The molecule has 0 aliphatic heterocycles.